The van der Waals surface area contributed by atoms with Crippen LogP contribution in [0.15, 0.2) is 24.3 Å². The number of alkyl halides is 1. The fraction of sp³-hybridized carbons (Fsp3) is 0.560. The third kappa shape index (κ3) is 15.4. The zero-order valence-corrected chi connectivity index (χ0v) is 21.7. The van der Waals surface area contributed by atoms with Gasteiger partial charge < -0.3 is 34.3 Å². The number of hydrogen-bond donors (Lipinski definition) is 2. The van der Waals surface area contributed by atoms with Crippen molar-refractivity contribution in [1.29, 1.82) is 0 Å². The second kappa shape index (κ2) is 18.0. The first kappa shape index (κ1) is 29.6. The van der Waals surface area contributed by atoms with Crippen LogP contribution in [0.4, 0.5) is 10.5 Å². The normalized spacial score (nSPS) is 11.5. The Morgan fingerprint density at radius 1 is 1.00 bits per heavy atom. The molecular formula is C25H35BrN2O6. The van der Waals surface area contributed by atoms with Gasteiger partial charge in [0, 0.05) is 12.2 Å². The Balaban J connectivity index is 1.89. The van der Waals surface area contributed by atoms with Crippen molar-refractivity contribution >= 4 is 27.7 Å². The highest BCUT2D eigenvalue weighted by Crippen LogP contribution is 2.24. The van der Waals surface area contributed by atoms with E-state index in [1.54, 1.807) is 0 Å². The summed E-state index contributed by atoms with van der Waals surface area (Å²) in [5, 5.41) is 5.65. The lowest BCUT2D eigenvalue weighted by molar-refractivity contribution is 0.00993. The van der Waals surface area contributed by atoms with Crippen molar-refractivity contribution in [2.24, 2.45) is 5.41 Å². The maximum Gasteiger partial charge on any atom is 0.421 e. The van der Waals surface area contributed by atoms with Crippen molar-refractivity contribution in [2.75, 3.05) is 64.7 Å². The molecule has 0 fully saturated rings. The Hall–Kier alpha value is -2.43. The summed E-state index contributed by atoms with van der Waals surface area (Å²) in [6.45, 7) is 9.99. The van der Waals surface area contributed by atoms with Crippen molar-refractivity contribution in [3.63, 3.8) is 0 Å². The molecule has 188 valence electrons. The molecule has 1 amide bonds. The van der Waals surface area contributed by atoms with Crippen LogP contribution in [0.25, 0.3) is 0 Å². The molecule has 1 aromatic carbocycles. The standard InChI is InChI=1S/C25H35BrN2O6/c1-5-11-27-21-6-8-22(9-7-21)33-20-19-32-18-17-31-16-15-30-14-12-28-24(29)34-13-10-23(26)25(2,3)4/h1,6-9,23,27H,11-12,14-20H2,2-4H3,(H,28,29). The number of carbonyl (C=O) groups excluding carboxylic acids is 1. The number of alkyl carbamates (subject to hydrolysis) is 1. The number of terminal acetylenes is 1. The van der Waals surface area contributed by atoms with E-state index in [-0.39, 0.29) is 10.2 Å². The molecule has 1 unspecified atom stereocenters. The number of ether oxygens (including phenoxy) is 5. The smallest absolute Gasteiger partial charge is 0.421 e. The fourth-order valence-electron chi connectivity index (χ4n) is 2.19. The Morgan fingerprint density at radius 3 is 2.18 bits per heavy atom. The van der Waals surface area contributed by atoms with E-state index >= 15 is 0 Å². The number of amides is 1. The molecule has 2 N–H and O–H groups in total. The minimum atomic E-state index is -0.601. The van der Waals surface area contributed by atoms with Crippen LogP contribution < -0.4 is 15.4 Å². The summed E-state index contributed by atoms with van der Waals surface area (Å²) >= 11 is 3.44. The monoisotopic (exact) mass is 538 g/mol. The van der Waals surface area contributed by atoms with Gasteiger partial charge in [0.2, 0.25) is 0 Å². The van der Waals surface area contributed by atoms with Crippen LogP contribution in [-0.2, 0) is 18.9 Å². The molecule has 0 aliphatic rings. The maximum absolute atomic E-state index is 11.5. The van der Waals surface area contributed by atoms with Gasteiger partial charge in [0.15, 0.2) is 0 Å². The van der Waals surface area contributed by atoms with Crippen LogP contribution >= 0.6 is 15.9 Å². The van der Waals surface area contributed by atoms with Gasteiger partial charge in [-0.25, -0.2) is 4.79 Å². The average molecular weight is 539 g/mol. The van der Waals surface area contributed by atoms with Crippen LogP contribution in [0.3, 0.4) is 0 Å². The number of rotatable bonds is 15. The molecule has 9 heteroatoms. The third-order valence-corrected chi connectivity index (χ3v) is 5.70. The molecule has 1 rings (SSSR count). The molecule has 0 bridgehead atoms. The molecule has 0 saturated carbocycles. The molecule has 0 saturated heterocycles. The highest BCUT2D eigenvalue weighted by atomic mass is 79.9. The maximum atomic E-state index is 11.5. The molecule has 1 atom stereocenters. The molecule has 34 heavy (non-hydrogen) atoms. The topological polar surface area (TPSA) is 87.3 Å². The third-order valence-electron chi connectivity index (χ3n) is 4.09. The SMILES string of the molecule is C#CCNc1ccc(OCCOCCOCCOCCNC(=O)OC#CC(Br)C(C)(C)C)cc1. The van der Waals surface area contributed by atoms with Gasteiger partial charge in [0.05, 0.1) is 51.0 Å². The molecule has 1 aromatic rings. The minimum absolute atomic E-state index is 0.0436. The van der Waals surface area contributed by atoms with Gasteiger partial charge in [-0.15, -0.1) is 6.42 Å². The number of anilines is 1. The van der Waals surface area contributed by atoms with Crippen LogP contribution in [0.2, 0.25) is 0 Å². The first-order chi connectivity index (χ1) is 16.3. The van der Waals surface area contributed by atoms with Gasteiger partial charge in [-0.1, -0.05) is 42.6 Å². The Bertz CT molecular complexity index is 793. The molecule has 0 aliphatic heterocycles. The van der Waals surface area contributed by atoms with Crippen molar-refractivity contribution < 1.29 is 28.5 Å². The van der Waals surface area contributed by atoms with Crippen molar-refractivity contribution in [1.82, 2.24) is 5.32 Å². The van der Waals surface area contributed by atoms with Crippen molar-refractivity contribution in [3.8, 4) is 30.1 Å². The van der Waals surface area contributed by atoms with Gasteiger partial charge in [0.25, 0.3) is 0 Å². The molecule has 0 aliphatic carbocycles. The first-order valence-electron chi connectivity index (χ1n) is 11.1. The number of benzene rings is 1. The zero-order chi connectivity index (χ0) is 25.1. The Morgan fingerprint density at radius 2 is 1.59 bits per heavy atom. The van der Waals surface area contributed by atoms with E-state index < -0.39 is 6.09 Å². The number of halogens is 1. The summed E-state index contributed by atoms with van der Waals surface area (Å²) in [6, 6.07) is 7.57. The van der Waals surface area contributed by atoms with Crippen LogP contribution in [0, 0.1) is 29.8 Å². The van der Waals surface area contributed by atoms with Crippen LogP contribution in [-0.4, -0.2) is 70.3 Å². The summed E-state index contributed by atoms with van der Waals surface area (Å²) in [5.41, 5.74) is 0.907. The Kier molecular flexibility index (Phi) is 15.6. The largest absolute Gasteiger partial charge is 0.491 e. The molecule has 0 spiro atoms. The predicted octanol–water partition coefficient (Wildman–Crippen LogP) is 3.66. The van der Waals surface area contributed by atoms with Gasteiger partial charge in [-0.3, -0.25) is 0 Å². The Labute approximate surface area is 211 Å². The van der Waals surface area contributed by atoms with E-state index in [0.29, 0.717) is 59.3 Å². The van der Waals surface area contributed by atoms with E-state index in [1.165, 1.54) is 0 Å². The highest BCUT2D eigenvalue weighted by Gasteiger charge is 2.19. The minimum Gasteiger partial charge on any atom is -0.491 e. The van der Waals surface area contributed by atoms with E-state index in [1.807, 2.05) is 45.0 Å². The summed E-state index contributed by atoms with van der Waals surface area (Å²) < 4.78 is 26.7. The lowest BCUT2D eigenvalue weighted by Gasteiger charge is -2.19. The summed E-state index contributed by atoms with van der Waals surface area (Å²) in [6.07, 6.45) is 7.02. The first-order valence-corrected chi connectivity index (χ1v) is 12.0. The second-order valence-electron chi connectivity index (χ2n) is 8.06. The van der Waals surface area contributed by atoms with Gasteiger partial charge >= 0.3 is 6.09 Å². The molecule has 0 radical (unpaired) electrons. The number of nitrogens with one attached hydrogen (secondary N) is 2. The molecule has 0 heterocycles. The van der Waals surface area contributed by atoms with Gasteiger partial charge in [-0.05, 0) is 35.6 Å². The average Bonchev–Trinajstić information content (AvgIpc) is 2.80. The molecule has 0 aromatic heterocycles. The second-order valence-corrected chi connectivity index (χ2v) is 8.97. The van der Waals surface area contributed by atoms with E-state index in [4.69, 9.17) is 30.1 Å². The fourth-order valence-corrected chi connectivity index (χ4v) is 2.28. The highest BCUT2D eigenvalue weighted by molar-refractivity contribution is 9.09. The lowest BCUT2D eigenvalue weighted by Crippen LogP contribution is -2.27. The van der Waals surface area contributed by atoms with Gasteiger partial charge in [-0.2, -0.15) is 0 Å². The van der Waals surface area contributed by atoms with Crippen molar-refractivity contribution in [3.05, 3.63) is 24.3 Å². The van der Waals surface area contributed by atoms with E-state index in [9.17, 15) is 4.79 Å². The zero-order valence-electron chi connectivity index (χ0n) is 20.2. The molecular weight excluding hydrogens is 504 g/mol. The predicted molar refractivity (Wildman–Crippen MR) is 136 cm³/mol. The number of carbonyl (C=O) groups is 1. The van der Waals surface area contributed by atoms with Crippen molar-refractivity contribution in [2.45, 2.75) is 25.6 Å². The summed E-state index contributed by atoms with van der Waals surface area (Å²) in [5.74, 6) is 6.12. The van der Waals surface area contributed by atoms with Crippen LogP contribution in [0.5, 0.6) is 5.75 Å². The van der Waals surface area contributed by atoms with E-state index in [2.05, 4.69) is 44.5 Å². The quantitative estimate of drug-likeness (QED) is 0.200. The summed E-state index contributed by atoms with van der Waals surface area (Å²) in [7, 11) is 0. The summed E-state index contributed by atoms with van der Waals surface area (Å²) in [4.78, 5) is 11.5. The van der Waals surface area contributed by atoms with Crippen LogP contribution in [0.1, 0.15) is 20.8 Å². The number of hydrogen-bond acceptors (Lipinski definition) is 7. The lowest BCUT2D eigenvalue weighted by atomic mass is 9.93. The molecule has 8 nitrogen and oxygen atoms in total. The van der Waals surface area contributed by atoms with E-state index in [0.717, 1.165) is 11.4 Å². The van der Waals surface area contributed by atoms with Gasteiger partial charge in [0.1, 0.15) is 18.5 Å².